The molecule has 1 aromatic heterocycles. The maximum absolute atomic E-state index is 12.9. The van der Waals surface area contributed by atoms with E-state index in [1.807, 2.05) is 0 Å². The van der Waals surface area contributed by atoms with Crippen LogP contribution in [0.25, 0.3) is 0 Å². The number of ether oxygens (including phenoxy) is 2. The molecule has 0 aliphatic carbocycles. The standard InChI is InChI=1S/C10H8F2N2O3/c1-16-8-6(3-13)14-4-5(10(15)17-2)7(8)9(11)12/h4,9H,1-2H3. The van der Waals surface area contributed by atoms with Crippen LogP contribution in [0.4, 0.5) is 8.78 Å². The summed E-state index contributed by atoms with van der Waals surface area (Å²) in [6.07, 6.45) is -2.11. The van der Waals surface area contributed by atoms with E-state index >= 15 is 0 Å². The third kappa shape index (κ3) is 2.30. The number of methoxy groups -OCH3 is 2. The number of aromatic nitrogens is 1. The third-order valence-corrected chi connectivity index (χ3v) is 2.01. The quantitative estimate of drug-likeness (QED) is 0.754. The number of alkyl halides is 2. The van der Waals surface area contributed by atoms with E-state index in [2.05, 4.69) is 9.72 Å². The molecule has 0 aliphatic rings. The zero-order valence-corrected chi connectivity index (χ0v) is 9.03. The van der Waals surface area contributed by atoms with Gasteiger partial charge in [-0.1, -0.05) is 0 Å². The number of carbonyl (C=O) groups excluding carboxylic acids is 1. The molecule has 0 N–H and O–H groups in total. The van der Waals surface area contributed by atoms with Gasteiger partial charge in [-0.15, -0.1) is 0 Å². The first kappa shape index (κ1) is 12.8. The largest absolute Gasteiger partial charge is 0.493 e. The van der Waals surface area contributed by atoms with Crippen molar-refractivity contribution in [2.45, 2.75) is 6.43 Å². The van der Waals surface area contributed by atoms with Crippen LogP contribution < -0.4 is 4.74 Å². The molecule has 5 nitrogen and oxygen atoms in total. The number of hydrogen-bond acceptors (Lipinski definition) is 5. The van der Waals surface area contributed by atoms with Crippen molar-refractivity contribution in [1.29, 1.82) is 5.26 Å². The molecule has 0 bridgehead atoms. The molecule has 1 rings (SSSR count). The molecule has 17 heavy (non-hydrogen) atoms. The first-order valence-electron chi connectivity index (χ1n) is 4.40. The number of hydrogen-bond donors (Lipinski definition) is 0. The Labute approximate surface area is 95.6 Å². The summed E-state index contributed by atoms with van der Waals surface area (Å²) in [6.45, 7) is 0. The number of nitrogens with zero attached hydrogens (tertiary/aromatic N) is 2. The Bertz CT molecular complexity index is 483. The molecule has 0 saturated heterocycles. The predicted octanol–water partition coefficient (Wildman–Crippen LogP) is 1.69. The predicted molar refractivity (Wildman–Crippen MR) is 51.8 cm³/mol. The normalized spacial score (nSPS) is 9.88. The van der Waals surface area contributed by atoms with Gasteiger partial charge < -0.3 is 9.47 Å². The number of halogens is 2. The second-order valence-corrected chi connectivity index (χ2v) is 2.87. The molecule has 0 aliphatic heterocycles. The van der Waals surface area contributed by atoms with Gasteiger partial charge >= 0.3 is 5.97 Å². The number of nitriles is 1. The van der Waals surface area contributed by atoms with E-state index in [1.54, 1.807) is 6.07 Å². The Kier molecular flexibility index (Phi) is 3.93. The molecule has 0 radical (unpaired) electrons. The summed E-state index contributed by atoms with van der Waals surface area (Å²) in [5.41, 5.74) is -1.42. The van der Waals surface area contributed by atoms with Crippen LogP contribution in [-0.4, -0.2) is 25.2 Å². The van der Waals surface area contributed by atoms with E-state index < -0.39 is 29.3 Å². The first-order chi connectivity index (χ1) is 8.06. The Morgan fingerprint density at radius 2 is 2.18 bits per heavy atom. The monoisotopic (exact) mass is 242 g/mol. The molecule has 0 amide bonds. The van der Waals surface area contributed by atoms with Gasteiger partial charge in [0.05, 0.1) is 25.3 Å². The van der Waals surface area contributed by atoms with Gasteiger partial charge in [-0.25, -0.2) is 18.6 Å². The van der Waals surface area contributed by atoms with Crippen LogP contribution in [0.3, 0.4) is 0 Å². The van der Waals surface area contributed by atoms with E-state index in [4.69, 9.17) is 10.00 Å². The van der Waals surface area contributed by atoms with Crippen molar-refractivity contribution >= 4 is 5.97 Å². The van der Waals surface area contributed by atoms with E-state index in [9.17, 15) is 13.6 Å². The van der Waals surface area contributed by atoms with Crippen molar-refractivity contribution in [2.75, 3.05) is 14.2 Å². The van der Waals surface area contributed by atoms with Crippen molar-refractivity contribution in [2.24, 2.45) is 0 Å². The number of rotatable bonds is 3. The molecule has 0 fully saturated rings. The van der Waals surface area contributed by atoms with Gasteiger partial charge in [0.2, 0.25) is 0 Å². The van der Waals surface area contributed by atoms with E-state index in [-0.39, 0.29) is 5.69 Å². The zero-order valence-electron chi connectivity index (χ0n) is 9.03. The summed E-state index contributed by atoms with van der Waals surface area (Å²) in [6, 6.07) is 1.60. The molecule has 1 heterocycles. The van der Waals surface area contributed by atoms with Crippen molar-refractivity contribution in [3.05, 3.63) is 23.0 Å². The lowest BCUT2D eigenvalue weighted by Gasteiger charge is -2.12. The molecule has 0 saturated carbocycles. The van der Waals surface area contributed by atoms with Gasteiger partial charge in [-0.05, 0) is 0 Å². The van der Waals surface area contributed by atoms with Crippen LogP contribution in [0.2, 0.25) is 0 Å². The molecular formula is C10H8F2N2O3. The lowest BCUT2D eigenvalue weighted by molar-refractivity contribution is 0.0587. The summed E-state index contributed by atoms with van der Waals surface area (Å²) in [5.74, 6) is -1.37. The highest BCUT2D eigenvalue weighted by atomic mass is 19.3. The molecule has 0 aromatic carbocycles. The van der Waals surface area contributed by atoms with Crippen molar-refractivity contribution in [3.63, 3.8) is 0 Å². The summed E-state index contributed by atoms with van der Waals surface area (Å²) >= 11 is 0. The smallest absolute Gasteiger partial charge is 0.340 e. The summed E-state index contributed by atoms with van der Waals surface area (Å²) in [7, 11) is 2.17. The molecule has 90 valence electrons. The Balaban J connectivity index is 3.54. The van der Waals surface area contributed by atoms with Crippen LogP contribution in [0.15, 0.2) is 6.20 Å². The SMILES string of the molecule is COC(=O)c1cnc(C#N)c(OC)c1C(F)F. The number of carbonyl (C=O) groups is 1. The molecule has 0 unspecified atom stereocenters. The van der Waals surface area contributed by atoms with E-state index in [0.29, 0.717) is 0 Å². The average molecular weight is 242 g/mol. The Morgan fingerprint density at radius 1 is 1.53 bits per heavy atom. The molecule has 7 heteroatoms. The van der Waals surface area contributed by atoms with Crippen molar-refractivity contribution in [3.8, 4) is 11.8 Å². The van der Waals surface area contributed by atoms with Gasteiger partial charge in [0, 0.05) is 6.20 Å². The Morgan fingerprint density at radius 3 is 2.59 bits per heavy atom. The molecular weight excluding hydrogens is 234 g/mol. The zero-order chi connectivity index (χ0) is 13.0. The van der Waals surface area contributed by atoms with Gasteiger partial charge in [0.25, 0.3) is 6.43 Å². The highest BCUT2D eigenvalue weighted by Crippen LogP contribution is 2.34. The lowest BCUT2D eigenvalue weighted by Crippen LogP contribution is -2.10. The van der Waals surface area contributed by atoms with Gasteiger partial charge in [-0.2, -0.15) is 5.26 Å². The second kappa shape index (κ2) is 5.21. The van der Waals surface area contributed by atoms with Crippen LogP contribution in [0, 0.1) is 11.3 Å². The number of esters is 1. The fraction of sp³-hybridized carbons (Fsp3) is 0.300. The van der Waals surface area contributed by atoms with Crippen LogP contribution >= 0.6 is 0 Å². The van der Waals surface area contributed by atoms with Gasteiger partial charge in [0.15, 0.2) is 11.4 Å². The fourth-order valence-electron chi connectivity index (χ4n) is 1.28. The summed E-state index contributed by atoms with van der Waals surface area (Å²) < 4.78 is 34.8. The van der Waals surface area contributed by atoms with Crippen LogP contribution in [0.1, 0.15) is 28.0 Å². The topological polar surface area (TPSA) is 72.2 Å². The second-order valence-electron chi connectivity index (χ2n) is 2.87. The molecule has 0 atom stereocenters. The van der Waals surface area contributed by atoms with Crippen molar-refractivity contribution in [1.82, 2.24) is 4.98 Å². The minimum absolute atomic E-state index is 0.310. The van der Waals surface area contributed by atoms with Crippen LogP contribution in [0.5, 0.6) is 5.75 Å². The van der Waals surface area contributed by atoms with Crippen molar-refractivity contribution < 1.29 is 23.0 Å². The van der Waals surface area contributed by atoms with Gasteiger partial charge in [-0.3, -0.25) is 0 Å². The molecule has 1 aromatic rings. The number of pyridine rings is 1. The maximum atomic E-state index is 12.9. The Hall–Kier alpha value is -2.23. The minimum Gasteiger partial charge on any atom is -0.493 e. The highest BCUT2D eigenvalue weighted by molar-refractivity contribution is 5.91. The first-order valence-corrected chi connectivity index (χ1v) is 4.40. The molecule has 0 spiro atoms. The van der Waals surface area contributed by atoms with E-state index in [1.165, 1.54) is 0 Å². The maximum Gasteiger partial charge on any atom is 0.340 e. The summed E-state index contributed by atoms with van der Waals surface area (Å²) in [4.78, 5) is 14.8. The van der Waals surface area contributed by atoms with E-state index in [0.717, 1.165) is 20.4 Å². The average Bonchev–Trinajstić information content (AvgIpc) is 2.35. The van der Waals surface area contributed by atoms with Gasteiger partial charge in [0.1, 0.15) is 6.07 Å². The summed E-state index contributed by atoms with van der Waals surface area (Å²) in [5, 5.41) is 8.69. The van der Waals surface area contributed by atoms with Crippen LogP contribution in [-0.2, 0) is 4.74 Å². The minimum atomic E-state index is -2.98. The fourth-order valence-corrected chi connectivity index (χ4v) is 1.28. The highest BCUT2D eigenvalue weighted by Gasteiger charge is 2.27. The lowest BCUT2D eigenvalue weighted by atomic mass is 10.1. The third-order valence-electron chi connectivity index (χ3n) is 2.01.